The van der Waals surface area contributed by atoms with E-state index in [9.17, 15) is 0 Å². The summed E-state index contributed by atoms with van der Waals surface area (Å²) in [6, 6.07) is 5.96. The molecule has 0 radical (unpaired) electrons. The number of aromatic nitrogens is 3. The van der Waals surface area contributed by atoms with Gasteiger partial charge in [-0.3, -0.25) is 9.39 Å². The van der Waals surface area contributed by atoms with Gasteiger partial charge in [-0.15, -0.1) is 10.2 Å². The van der Waals surface area contributed by atoms with Crippen molar-refractivity contribution in [1.29, 1.82) is 0 Å². The minimum atomic E-state index is 0.792. The molecule has 0 fully saturated rings. The molecule has 0 aromatic carbocycles. The van der Waals surface area contributed by atoms with Crippen LogP contribution < -0.4 is 5.32 Å². The number of guanidine groups is 1. The molecule has 0 aliphatic carbocycles. The van der Waals surface area contributed by atoms with Crippen LogP contribution >= 0.6 is 0 Å². The van der Waals surface area contributed by atoms with Gasteiger partial charge in [0, 0.05) is 39.3 Å². The molecule has 2 rings (SSSR count). The van der Waals surface area contributed by atoms with Crippen LogP contribution in [0.1, 0.15) is 38.9 Å². The second kappa shape index (κ2) is 9.12. The summed E-state index contributed by atoms with van der Waals surface area (Å²) in [5.74, 6) is 1.99. The van der Waals surface area contributed by atoms with Crippen LogP contribution in [0.4, 0.5) is 0 Å². The van der Waals surface area contributed by atoms with Gasteiger partial charge in [0.1, 0.15) is 5.82 Å². The van der Waals surface area contributed by atoms with Crippen molar-refractivity contribution in [2.75, 3.05) is 26.7 Å². The molecule has 2 aromatic heterocycles. The van der Waals surface area contributed by atoms with Gasteiger partial charge < -0.3 is 10.2 Å². The summed E-state index contributed by atoms with van der Waals surface area (Å²) < 4.78 is 2.04. The third kappa shape index (κ3) is 4.94. The molecule has 0 atom stereocenters. The fourth-order valence-electron chi connectivity index (χ4n) is 2.45. The second-order valence-electron chi connectivity index (χ2n) is 5.66. The lowest BCUT2D eigenvalue weighted by atomic mass is 10.3. The van der Waals surface area contributed by atoms with Gasteiger partial charge in [-0.1, -0.05) is 19.4 Å². The first kappa shape index (κ1) is 17.2. The highest BCUT2D eigenvalue weighted by atomic mass is 15.3. The van der Waals surface area contributed by atoms with Gasteiger partial charge in [0.25, 0.3) is 0 Å². The van der Waals surface area contributed by atoms with Crippen LogP contribution in [-0.4, -0.2) is 52.1 Å². The third-order valence-corrected chi connectivity index (χ3v) is 3.75. The number of pyridine rings is 1. The molecule has 1 N–H and O–H groups in total. The van der Waals surface area contributed by atoms with Gasteiger partial charge in [0.2, 0.25) is 0 Å². The van der Waals surface area contributed by atoms with E-state index in [1.807, 2.05) is 28.8 Å². The largest absolute Gasteiger partial charge is 0.357 e. The molecular formula is C17H28N6. The van der Waals surface area contributed by atoms with Crippen molar-refractivity contribution < 1.29 is 0 Å². The summed E-state index contributed by atoms with van der Waals surface area (Å²) in [6.45, 7) is 7.04. The van der Waals surface area contributed by atoms with Gasteiger partial charge in [-0.05, 0) is 31.9 Å². The lowest BCUT2D eigenvalue weighted by Crippen LogP contribution is -2.39. The number of nitrogens with one attached hydrogen (secondary N) is 1. The Morgan fingerprint density at radius 1 is 1.26 bits per heavy atom. The van der Waals surface area contributed by atoms with E-state index in [0.717, 1.165) is 49.9 Å². The van der Waals surface area contributed by atoms with Gasteiger partial charge in [-0.2, -0.15) is 0 Å². The lowest BCUT2D eigenvalue weighted by molar-refractivity contribution is 0.464. The van der Waals surface area contributed by atoms with Crippen molar-refractivity contribution in [1.82, 2.24) is 24.8 Å². The Kier molecular flexibility index (Phi) is 6.84. The summed E-state index contributed by atoms with van der Waals surface area (Å²) >= 11 is 0. The molecule has 2 aromatic rings. The molecule has 0 amide bonds. The summed E-state index contributed by atoms with van der Waals surface area (Å²) in [5, 5.41) is 11.8. The Hall–Kier alpha value is -2.11. The zero-order valence-corrected chi connectivity index (χ0v) is 14.5. The Morgan fingerprint density at radius 2 is 2.13 bits per heavy atom. The zero-order chi connectivity index (χ0) is 16.5. The van der Waals surface area contributed by atoms with Crippen molar-refractivity contribution >= 4 is 11.6 Å². The molecule has 2 heterocycles. The van der Waals surface area contributed by atoms with Crippen LogP contribution in [0, 0.1) is 0 Å². The topological polar surface area (TPSA) is 57.8 Å². The van der Waals surface area contributed by atoms with E-state index in [0.29, 0.717) is 0 Å². The Labute approximate surface area is 138 Å². The van der Waals surface area contributed by atoms with E-state index in [-0.39, 0.29) is 0 Å². The van der Waals surface area contributed by atoms with Crippen LogP contribution in [-0.2, 0) is 6.42 Å². The molecule has 0 saturated carbocycles. The molecule has 0 saturated heterocycles. The van der Waals surface area contributed by atoms with Gasteiger partial charge in [0.15, 0.2) is 11.6 Å². The number of rotatable bonds is 8. The summed E-state index contributed by atoms with van der Waals surface area (Å²) in [5.41, 5.74) is 0.902. The molecule has 0 spiro atoms. The number of hydrogen-bond acceptors (Lipinski definition) is 3. The smallest absolute Gasteiger partial charge is 0.193 e. The monoisotopic (exact) mass is 316 g/mol. The Morgan fingerprint density at radius 3 is 2.91 bits per heavy atom. The highest BCUT2D eigenvalue weighted by Crippen LogP contribution is 2.05. The van der Waals surface area contributed by atoms with Crippen LogP contribution in [0.2, 0.25) is 0 Å². The molecular weight excluding hydrogens is 288 g/mol. The van der Waals surface area contributed by atoms with Crippen molar-refractivity contribution in [3.8, 4) is 0 Å². The Balaban J connectivity index is 1.88. The number of nitrogens with zero attached hydrogens (tertiary/aromatic N) is 5. The van der Waals surface area contributed by atoms with Gasteiger partial charge in [0.05, 0.1) is 0 Å². The third-order valence-electron chi connectivity index (χ3n) is 3.75. The number of hydrogen-bond donors (Lipinski definition) is 1. The lowest BCUT2D eigenvalue weighted by Gasteiger charge is -2.21. The van der Waals surface area contributed by atoms with E-state index in [1.165, 1.54) is 12.8 Å². The molecule has 6 heteroatoms. The molecule has 0 aliphatic heterocycles. The molecule has 0 aliphatic rings. The maximum atomic E-state index is 4.72. The summed E-state index contributed by atoms with van der Waals surface area (Å²) in [4.78, 5) is 6.93. The van der Waals surface area contributed by atoms with Crippen LogP contribution in [0.25, 0.3) is 5.65 Å². The standard InChI is InChI=1S/C17H28N6/c1-4-6-13-22(3)17(18-5-2)19-12-9-11-16-21-20-15-10-7-8-14-23(15)16/h7-8,10,14H,4-6,9,11-13H2,1-3H3,(H,18,19). The van der Waals surface area contributed by atoms with Gasteiger partial charge in [-0.25, -0.2) is 0 Å². The zero-order valence-electron chi connectivity index (χ0n) is 14.5. The highest BCUT2D eigenvalue weighted by molar-refractivity contribution is 5.79. The van der Waals surface area contributed by atoms with E-state index < -0.39 is 0 Å². The quantitative estimate of drug-likeness (QED) is 0.461. The number of aryl methyl sites for hydroxylation is 1. The second-order valence-corrected chi connectivity index (χ2v) is 5.66. The minimum Gasteiger partial charge on any atom is -0.357 e. The molecule has 6 nitrogen and oxygen atoms in total. The van der Waals surface area contributed by atoms with Crippen molar-refractivity contribution in [3.63, 3.8) is 0 Å². The fourth-order valence-corrected chi connectivity index (χ4v) is 2.45. The first-order chi connectivity index (χ1) is 11.3. The van der Waals surface area contributed by atoms with E-state index in [1.54, 1.807) is 0 Å². The van der Waals surface area contributed by atoms with Crippen molar-refractivity contribution in [2.45, 2.75) is 39.5 Å². The Bertz CT molecular complexity index is 618. The molecule has 126 valence electrons. The molecule has 0 bridgehead atoms. The predicted molar refractivity (Wildman–Crippen MR) is 94.8 cm³/mol. The number of aliphatic imine (C=N–C) groups is 1. The first-order valence-electron chi connectivity index (χ1n) is 8.54. The fraction of sp³-hybridized carbons (Fsp3) is 0.588. The predicted octanol–water partition coefficient (Wildman–Crippen LogP) is 2.36. The normalized spacial score (nSPS) is 11.9. The maximum absolute atomic E-state index is 4.72. The summed E-state index contributed by atoms with van der Waals surface area (Å²) in [7, 11) is 2.10. The van der Waals surface area contributed by atoms with Crippen LogP contribution in [0.15, 0.2) is 29.4 Å². The summed E-state index contributed by atoms with van der Waals surface area (Å²) in [6.07, 6.45) is 6.24. The number of unbranched alkanes of at least 4 members (excludes halogenated alkanes) is 1. The van der Waals surface area contributed by atoms with Crippen molar-refractivity contribution in [2.24, 2.45) is 4.99 Å². The van der Waals surface area contributed by atoms with E-state index in [2.05, 4.69) is 41.3 Å². The maximum Gasteiger partial charge on any atom is 0.193 e. The highest BCUT2D eigenvalue weighted by Gasteiger charge is 2.06. The number of fused-ring (bicyclic) bond motifs is 1. The first-order valence-corrected chi connectivity index (χ1v) is 8.54. The minimum absolute atomic E-state index is 0.792. The molecule has 23 heavy (non-hydrogen) atoms. The SMILES string of the molecule is CCCCN(C)C(=NCCCc1nnc2ccccn12)NCC. The van der Waals surface area contributed by atoms with Crippen LogP contribution in [0.3, 0.4) is 0 Å². The average Bonchev–Trinajstić information content (AvgIpc) is 2.98. The van der Waals surface area contributed by atoms with Gasteiger partial charge >= 0.3 is 0 Å². The van der Waals surface area contributed by atoms with Crippen LogP contribution in [0.5, 0.6) is 0 Å². The van der Waals surface area contributed by atoms with Crippen molar-refractivity contribution in [3.05, 3.63) is 30.2 Å². The van der Waals surface area contributed by atoms with E-state index >= 15 is 0 Å². The van der Waals surface area contributed by atoms with E-state index in [4.69, 9.17) is 4.99 Å². The molecule has 0 unspecified atom stereocenters. The average molecular weight is 316 g/mol.